The molecule has 3 rings (SSSR count). The maximum Gasteiger partial charge on any atom is 0.0326 e. The van der Waals surface area contributed by atoms with Crippen molar-refractivity contribution in [1.82, 2.24) is 5.32 Å². The number of rotatable bonds is 4. The van der Waals surface area contributed by atoms with Crippen molar-refractivity contribution in [3.05, 3.63) is 46.2 Å². The molecule has 1 nitrogen and oxygen atoms in total. The van der Waals surface area contributed by atoms with Gasteiger partial charge in [-0.1, -0.05) is 25.1 Å². The first-order valence-corrected chi connectivity index (χ1v) is 7.71. The molecule has 0 saturated carbocycles. The molecule has 0 bridgehead atoms. The fraction of sp³-hybridized carbons (Fsp3) is 0.375. The molecule has 94 valence electrons. The second-order valence-corrected chi connectivity index (χ2v) is 5.75. The van der Waals surface area contributed by atoms with Gasteiger partial charge in [-0.2, -0.15) is 11.3 Å². The van der Waals surface area contributed by atoms with Gasteiger partial charge in [0, 0.05) is 6.04 Å². The lowest BCUT2D eigenvalue weighted by atomic mass is 10.0. The minimum Gasteiger partial charge on any atom is -0.310 e. The first-order valence-electron chi connectivity index (χ1n) is 6.77. The van der Waals surface area contributed by atoms with E-state index in [2.05, 4.69) is 47.3 Å². The van der Waals surface area contributed by atoms with Crippen LogP contribution in [0, 0.1) is 0 Å². The molecule has 0 aliphatic heterocycles. The smallest absolute Gasteiger partial charge is 0.0326 e. The molecule has 1 atom stereocenters. The van der Waals surface area contributed by atoms with Crippen LogP contribution in [0.5, 0.6) is 0 Å². The lowest BCUT2D eigenvalue weighted by Gasteiger charge is -2.13. The molecule has 0 saturated heterocycles. The average Bonchev–Trinajstić information content (AvgIpc) is 3.05. The topological polar surface area (TPSA) is 12.0 Å². The average molecular weight is 257 g/mol. The van der Waals surface area contributed by atoms with Crippen LogP contribution in [0.15, 0.2) is 35.0 Å². The highest BCUT2D eigenvalue weighted by molar-refractivity contribution is 7.08. The number of fused-ring (bicyclic) bond motifs is 1. The van der Waals surface area contributed by atoms with E-state index in [1.165, 1.54) is 41.5 Å². The van der Waals surface area contributed by atoms with Gasteiger partial charge in [0.15, 0.2) is 0 Å². The van der Waals surface area contributed by atoms with Crippen LogP contribution in [0.1, 0.15) is 36.9 Å². The fourth-order valence-corrected chi connectivity index (χ4v) is 3.42. The maximum absolute atomic E-state index is 3.64. The first kappa shape index (κ1) is 11.9. The molecule has 1 aliphatic carbocycles. The Bertz CT molecular complexity index is 516. The van der Waals surface area contributed by atoms with Gasteiger partial charge >= 0.3 is 0 Å². The molecule has 0 spiro atoms. The van der Waals surface area contributed by atoms with Crippen LogP contribution in [0.3, 0.4) is 0 Å². The van der Waals surface area contributed by atoms with E-state index in [1.807, 2.05) is 0 Å². The zero-order chi connectivity index (χ0) is 12.4. The van der Waals surface area contributed by atoms with Crippen molar-refractivity contribution < 1.29 is 0 Å². The van der Waals surface area contributed by atoms with Gasteiger partial charge in [0.1, 0.15) is 0 Å². The summed E-state index contributed by atoms with van der Waals surface area (Å²) >= 11 is 1.77. The highest BCUT2D eigenvalue weighted by Crippen LogP contribution is 2.34. The Kier molecular flexibility index (Phi) is 3.48. The molecule has 1 aromatic carbocycles. The van der Waals surface area contributed by atoms with Crippen molar-refractivity contribution in [3.63, 3.8) is 0 Å². The number of hydrogen-bond acceptors (Lipinski definition) is 2. The molecule has 2 heteroatoms. The predicted molar refractivity (Wildman–Crippen MR) is 79.1 cm³/mol. The normalized spacial score (nSPS) is 17.9. The Morgan fingerprint density at radius 1 is 1.28 bits per heavy atom. The van der Waals surface area contributed by atoms with Crippen molar-refractivity contribution >= 4 is 11.3 Å². The lowest BCUT2D eigenvalue weighted by Crippen LogP contribution is -2.19. The third kappa shape index (κ3) is 2.23. The molecule has 18 heavy (non-hydrogen) atoms. The van der Waals surface area contributed by atoms with Crippen LogP contribution >= 0.6 is 11.3 Å². The van der Waals surface area contributed by atoms with Crippen LogP contribution in [0.25, 0.3) is 11.1 Å². The molecule has 0 fully saturated rings. The third-order valence-corrected chi connectivity index (χ3v) is 4.40. The Morgan fingerprint density at radius 2 is 2.22 bits per heavy atom. The number of benzene rings is 1. The van der Waals surface area contributed by atoms with Crippen LogP contribution in [0.4, 0.5) is 0 Å². The molecule has 1 unspecified atom stereocenters. The summed E-state index contributed by atoms with van der Waals surface area (Å²) in [5.74, 6) is 0. The van der Waals surface area contributed by atoms with E-state index in [0.717, 1.165) is 6.54 Å². The van der Waals surface area contributed by atoms with Crippen molar-refractivity contribution in [3.8, 4) is 11.1 Å². The summed E-state index contributed by atoms with van der Waals surface area (Å²) in [6.45, 7) is 3.35. The van der Waals surface area contributed by atoms with Gasteiger partial charge in [-0.05, 0) is 64.9 Å². The number of nitrogens with one attached hydrogen (secondary N) is 1. The van der Waals surface area contributed by atoms with E-state index in [9.17, 15) is 0 Å². The van der Waals surface area contributed by atoms with E-state index in [4.69, 9.17) is 0 Å². The zero-order valence-corrected chi connectivity index (χ0v) is 11.6. The molecule has 1 aliphatic rings. The van der Waals surface area contributed by atoms with Crippen molar-refractivity contribution in [2.75, 3.05) is 6.54 Å². The zero-order valence-electron chi connectivity index (χ0n) is 10.8. The van der Waals surface area contributed by atoms with Crippen LogP contribution in [-0.2, 0) is 6.42 Å². The van der Waals surface area contributed by atoms with E-state index >= 15 is 0 Å². The first-order chi connectivity index (χ1) is 8.88. The van der Waals surface area contributed by atoms with Gasteiger partial charge < -0.3 is 5.32 Å². The van der Waals surface area contributed by atoms with E-state index in [-0.39, 0.29) is 0 Å². The Balaban J connectivity index is 1.85. The molecular formula is C16H19NS. The van der Waals surface area contributed by atoms with Gasteiger partial charge in [-0.15, -0.1) is 0 Å². The number of aryl methyl sites for hydroxylation is 1. The molecule has 0 amide bonds. The van der Waals surface area contributed by atoms with E-state index < -0.39 is 0 Å². The van der Waals surface area contributed by atoms with Crippen molar-refractivity contribution in [2.45, 2.75) is 32.2 Å². The van der Waals surface area contributed by atoms with Crippen LogP contribution < -0.4 is 5.32 Å². The second kappa shape index (κ2) is 5.25. The van der Waals surface area contributed by atoms with Crippen molar-refractivity contribution in [2.24, 2.45) is 0 Å². The largest absolute Gasteiger partial charge is 0.310 e. The minimum atomic E-state index is 0.580. The molecular weight excluding hydrogens is 238 g/mol. The van der Waals surface area contributed by atoms with Crippen molar-refractivity contribution in [1.29, 1.82) is 0 Å². The lowest BCUT2D eigenvalue weighted by molar-refractivity contribution is 0.529. The summed E-state index contributed by atoms with van der Waals surface area (Å²) in [4.78, 5) is 0. The minimum absolute atomic E-state index is 0.580. The molecule has 1 N–H and O–H groups in total. The fourth-order valence-electron chi connectivity index (χ4n) is 2.76. The highest BCUT2D eigenvalue weighted by atomic mass is 32.1. The SMILES string of the molecule is CCCNC1CCc2cc(-c3ccsc3)ccc21. The van der Waals surface area contributed by atoms with Crippen LogP contribution in [0.2, 0.25) is 0 Å². The summed E-state index contributed by atoms with van der Waals surface area (Å²) in [6.07, 6.45) is 3.68. The second-order valence-electron chi connectivity index (χ2n) is 4.97. The predicted octanol–water partition coefficient (Wildman–Crippen LogP) is 4.40. The Labute approximate surface area is 113 Å². The Morgan fingerprint density at radius 3 is 3.00 bits per heavy atom. The molecule has 2 aromatic rings. The summed E-state index contributed by atoms with van der Waals surface area (Å²) < 4.78 is 0. The molecule has 0 radical (unpaired) electrons. The molecule has 1 aromatic heterocycles. The maximum atomic E-state index is 3.64. The third-order valence-electron chi connectivity index (χ3n) is 3.72. The highest BCUT2D eigenvalue weighted by Gasteiger charge is 2.21. The van der Waals surface area contributed by atoms with E-state index in [1.54, 1.807) is 11.3 Å². The summed E-state index contributed by atoms with van der Waals surface area (Å²) in [7, 11) is 0. The summed E-state index contributed by atoms with van der Waals surface area (Å²) in [5.41, 5.74) is 5.77. The van der Waals surface area contributed by atoms with Gasteiger partial charge in [-0.25, -0.2) is 0 Å². The monoisotopic (exact) mass is 257 g/mol. The van der Waals surface area contributed by atoms with Crippen LogP contribution in [-0.4, -0.2) is 6.54 Å². The van der Waals surface area contributed by atoms with Gasteiger partial charge in [-0.3, -0.25) is 0 Å². The van der Waals surface area contributed by atoms with E-state index in [0.29, 0.717) is 6.04 Å². The van der Waals surface area contributed by atoms with Gasteiger partial charge in [0.25, 0.3) is 0 Å². The summed E-state index contributed by atoms with van der Waals surface area (Å²) in [6, 6.07) is 9.76. The Hall–Kier alpha value is -1.12. The molecule has 1 heterocycles. The van der Waals surface area contributed by atoms with Gasteiger partial charge in [0.2, 0.25) is 0 Å². The number of hydrogen-bond donors (Lipinski definition) is 1. The quantitative estimate of drug-likeness (QED) is 0.856. The van der Waals surface area contributed by atoms with Gasteiger partial charge in [0.05, 0.1) is 0 Å². The number of thiophene rings is 1. The summed E-state index contributed by atoms with van der Waals surface area (Å²) in [5, 5.41) is 8.02. The standard InChI is InChI=1S/C16H19NS/c1-2-8-17-16-6-4-13-10-12(3-5-15(13)16)14-7-9-18-11-14/h3,5,7,9-11,16-17H,2,4,6,8H2,1H3.